The van der Waals surface area contributed by atoms with E-state index in [9.17, 15) is 9.90 Å². The zero-order valence-electron chi connectivity index (χ0n) is 22.0. The molecule has 1 heterocycles. The number of hydrogen-bond acceptors (Lipinski definition) is 2. The van der Waals surface area contributed by atoms with Gasteiger partial charge in [-0.25, -0.2) is 4.57 Å². The second-order valence-corrected chi connectivity index (χ2v) is 10.0. The molecule has 2 rings (SSSR count). The van der Waals surface area contributed by atoms with Crippen LogP contribution in [0.4, 0.5) is 0 Å². The second-order valence-electron chi connectivity index (χ2n) is 10.0. The number of carbonyl (C=O) groups is 1. The molecule has 0 radical (unpaired) electrons. The highest BCUT2D eigenvalue weighted by atomic mass is 16.3. The maximum Gasteiger partial charge on any atom is 0.220 e. The van der Waals surface area contributed by atoms with Crippen LogP contribution in [0, 0.1) is 0 Å². The van der Waals surface area contributed by atoms with Crippen molar-refractivity contribution < 1.29 is 14.5 Å². The zero-order chi connectivity index (χ0) is 25.0. The third kappa shape index (κ3) is 14.1. The number of unbranched alkanes of at least 4 members (excludes halogenated alkanes) is 13. The van der Waals surface area contributed by atoms with E-state index in [1.54, 1.807) is 0 Å². The molecule has 2 aromatic rings. The fraction of sp³-hybridized carbons (Fsp3) is 0.613. The maximum atomic E-state index is 12.2. The standard InChI is InChI=1S/C31H48N2O2/c1-28(31(35)29-22-16-14-17-23-29)32-30(34)24-18-12-10-8-6-4-2-3-5-7-9-11-13-19-25-33-26-20-15-21-27-33/h14-17,20-23,26-28,31,35H,2-13,18-19,24-25H2,1H3/p+1/t28-,31-/m1/s1. The molecule has 2 N–H and O–H groups in total. The number of aryl methyl sites for hydroxylation is 1. The Morgan fingerprint density at radius 3 is 1.71 bits per heavy atom. The van der Waals surface area contributed by atoms with Gasteiger partial charge in [-0.05, 0) is 25.3 Å². The van der Waals surface area contributed by atoms with Crippen molar-refractivity contribution in [3.63, 3.8) is 0 Å². The first kappa shape index (κ1) is 29.0. The monoisotopic (exact) mass is 481 g/mol. The van der Waals surface area contributed by atoms with Gasteiger partial charge in [-0.2, -0.15) is 0 Å². The highest BCUT2D eigenvalue weighted by Crippen LogP contribution is 2.17. The SMILES string of the molecule is C[C@@H](NC(=O)CCCCCCCCCCCCCCCC[n+]1ccccc1)[C@@H](O)c1ccccc1. The summed E-state index contributed by atoms with van der Waals surface area (Å²) < 4.78 is 2.28. The van der Waals surface area contributed by atoms with E-state index < -0.39 is 6.10 Å². The summed E-state index contributed by atoms with van der Waals surface area (Å²) in [6.45, 7) is 3.01. The molecule has 4 heteroatoms. The number of aliphatic hydroxyl groups excluding tert-OH is 1. The average Bonchev–Trinajstić information content (AvgIpc) is 2.89. The van der Waals surface area contributed by atoms with Crippen LogP contribution in [0.15, 0.2) is 60.9 Å². The van der Waals surface area contributed by atoms with Crippen molar-refractivity contribution in [3.05, 3.63) is 66.5 Å². The zero-order valence-corrected chi connectivity index (χ0v) is 22.0. The first-order chi connectivity index (χ1) is 17.2. The minimum atomic E-state index is -0.663. The molecule has 194 valence electrons. The summed E-state index contributed by atoms with van der Waals surface area (Å²) in [6.07, 6.45) is 22.3. The Morgan fingerprint density at radius 1 is 0.714 bits per heavy atom. The number of benzene rings is 1. The van der Waals surface area contributed by atoms with Crippen LogP contribution in [0.25, 0.3) is 0 Å². The van der Waals surface area contributed by atoms with Crippen molar-refractivity contribution in [1.29, 1.82) is 0 Å². The molecule has 0 aliphatic carbocycles. The first-order valence-electron chi connectivity index (χ1n) is 14.1. The molecule has 35 heavy (non-hydrogen) atoms. The molecule has 0 saturated heterocycles. The number of amides is 1. The summed E-state index contributed by atoms with van der Waals surface area (Å²) in [6, 6.07) is 15.5. The summed E-state index contributed by atoms with van der Waals surface area (Å²) >= 11 is 0. The topological polar surface area (TPSA) is 53.2 Å². The van der Waals surface area contributed by atoms with Crippen molar-refractivity contribution >= 4 is 5.91 Å². The predicted molar refractivity (Wildman–Crippen MR) is 145 cm³/mol. The normalized spacial score (nSPS) is 12.9. The molecule has 2 atom stereocenters. The minimum Gasteiger partial charge on any atom is -0.386 e. The van der Waals surface area contributed by atoms with E-state index in [0.29, 0.717) is 6.42 Å². The van der Waals surface area contributed by atoms with E-state index in [4.69, 9.17) is 0 Å². The van der Waals surface area contributed by atoms with Crippen molar-refractivity contribution in [2.24, 2.45) is 0 Å². The summed E-state index contributed by atoms with van der Waals surface area (Å²) in [7, 11) is 0. The highest BCUT2D eigenvalue weighted by Gasteiger charge is 2.17. The molecule has 4 nitrogen and oxygen atoms in total. The van der Waals surface area contributed by atoms with E-state index in [0.717, 1.165) is 24.9 Å². The van der Waals surface area contributed by atoms with Crippen LogP contribution in [-0.2, 0) is 11.3 Å². The van der Waals surface area contributed by atoms with Gasteiger partial charge in [0.25, 0.3) is 0 Å². The van der Waals surface area contributed by atoms with Gasteiger partial charge >= 0.3 is 0 Å². The van der Waals surface area contributed by atoms with Crippen LogP contribution < -0.4 is 9.88 Å². The molecule has 0 spiro atoms. The Hall–Kier alpha value is -2.20. The number of aliphatic hydroxyl groups is 1. The van der Waals surface area contributed by atoms with Crippen LogP contribution in [0.2, 0.25) is 0 Å². The van der Waals surface area contributed by atoms with Gasteiger partial charge in [-0.1, -0.05) is 107 Å². The van der Waals surface area contributed by atoms with Gasteiger partial charge < -0.3 is 10.4 Å². The fourth-order valence-corrected chi connectivity index (χ4v) is 4.63. The minimum absolute atomic E-state index is 0.0440. The van der Waals surface area contributed by atoms with Crippen LogP contribution in [0.1, 0.15) is 115 Å². The third-order valence-corrected chi connectivity index (χ3v) is 6.85. The van der Waals surface area contributed by atoms with Crippen LogP contribution >= 0.6 is 0 Å². The molecule has 0 unspecified atom stereocenters. The van der Waals surface area contributed by atoms with Gasteiger partial charge in [0, 0.05) is 25.0 Å². The average molecular weight is 482 g/mol. The molecule has 1 aromatic heterocycles. The lowest BCUT2D eigenvalue weighted by Gasteiger charge is -2.20. The molecule has 0 aliphatic rings. The largest absolute Gasteiger partial charge is 0.386 e. The van der Waals surface area contributed by atoms with E-state index in [1.165, 1.54) is 77.0 Å². The van der Waals surface area contributed by atoms with Gasteiger partial charge in [0.2, 0.25) is 5.91 Å². The molecule has 1 aromatic carbocycles. The van der Waals surface area contributed by atoms with E-state index >= 15 is 0 Å². The lowest BCUT2D eigenvalue weighted by atomic mass is 10.0. The van der Waals surface area contributed by atoms with Gasteiger partial charge in [-0.3, -0.25) is 4.79 Å². The Balaban J connectivity index is 1.31. The number of nitrogens with zero attached hydrogens (tertiary/aromatic N) is 1. The fourth-order valence-electron chi connectivity index (χ4n) is 4.63. The number of pyridine rings is 1. The summed E-state index contributed by atoms with van der Waals surface area (Å²) in [5, 5.41) is 13.3. The first-order valence-corrected chi connectivity index (χ1v) is 14.1. The van der Waals surface area contributed by atoms with Crippen molar-refractivity contribution in [2.75, 3.05) is 0 Å². The summed E-state index contributed by atoms with van der Waals surface area (Å²) in [4.78, 5) is 12.2. The molecule has 0 bridgehead atoms. The molecular formula is C31H49N2O2+. The summed E-state index contributed by atoms with van der Waals surface area (Å²) in [5.74, 6) is 0.0440. The van der Waals surface area contributed by atoms with E-state index in [2.05, 4.69) is 40.5 Å². The number of aromatic nitrogens is 1. The number of carbonyl (C=O) groups excluding carboxylic acids is 1. The highest BCUT2D eigenvalue weighted by molar-refractivity contribution is 5.76. The van der Waals surface area contributed by atoms with Crippen LogP contribution in [-0.4, -0.2) is 17.1 Å². The quantitative estimate of drug-likeness (QED) is 0.157. The van der Waals surface area contributed by atoms with E-state index in [-0.39, 0.29) is 11.9 Å². The third-order valence-electron chi connectivity index (χ3n) is 6.85. The van der Waals surface area contributed by atoms with Crippen molar-refractivity contribution in [3.8, 4) is 0 Å². The molecular weight excluding hydrogens is 432 g/mol. The maximum absolute atomic E-state index is 12.2. The lowest BCUT2D eigenvalue weighted by Crippen LogP contribution is -2.36. The smallest absolute Gasteiger partial charge is 0.220 e. The lowest BCUT2D eigenvalue weighted by molar-refractivity contribution is -0.697. The Morgan fingerprint density at radius 2 is 1.17 bits per heavy atom. The Labute approximate surface area is 214 Å². The van der Waals surface area contributed by atoms with Gasteiger partial charge in [-0.15, -0.1) is 0 Å². The number of hydrogen-bond donors (Lipinski definition) is 2. The predicted octanol–water partition coefficient (Wildman–Crippen LogP) is 7.06. The Kier molecular flexibility index (Phi) is 15.8. The second kappa shape index (κ2) is 19.0. The van der Waals surface area contributed by atoms with Crippen molar-refractivity contribution in [2.45, 2.75) is 122 Å². The molecule has 0 aliphatic heterocycles. The van der Waals surface area contributed by atoms with Gasteiger partial charge in [0.05, 0.1) is 12.1 Å². The molecule has 0 saturated carbocycles. The van der Waals surface area contributed by atoms with Crippen molar-refractivity contribution in [1.82, 2.24) is 5.32 Å². The van der Waals surface area contributed by atoms with Gasteiger partial charge in [0.15, 0.2) is 12.4 Å². The Bertz CT molecular complexity index is 766. The van der Waals surface area contributed by atoms with E-state index in [1.807, 2.05) is 37.3 Å². The number of nitrogens with one attached hydrogen (secondary N) is 1. The number of rotatable bonds is 20. The van der Waals surface area contributed by atoms with Gasteiger partial charge in [0.1, 0.15) is 6.54 Å². The summed E-state index contributed by atoms with van der Waals surface area (Å²) in [5.41, 5.74) is 0.842. The molecule has 1 amide bonds. The van der Waals surface area contributed by atoms with Crippen LogP contribution in [0.3, 0.4) is 0 Å². The van der Waals surface area contributed by atoms with Crippen LogP contribution in [0.5, 0.6) is 0 Å². The molecule has 0 fully saturated rings.